The summed E-state index contributed by atoms with van der Waals surface area (Å²) < 4.78 is 25.2. The second kappa shape index (κ2) is 8.59. The molecule has 2 aromatic rings. The smallest absolute Gasteiger partial charge is 0.239 e. The predicted octanol–water partition coefficient (Wildman–Crippen LogP) is 4.36. The van der Waals surface area contributed by atoms with Crippen molar-refractivity contribution in [3.05, 3.63) is 62.6 Å². The molecule has 1 N–H and O–H groups in total. The lowest BCUT2D eigenvalue weighted by Gasteiger charge is -2.20. The van der Waals surface area contributed by atoms with E-state index in [0.29, 0.717) is 26.3 Å². The molecule has 1 amide bonds. The van der Waals surface area contributed by atoms with Crippen LogP contribution in [0.4, 0.5) is 5.69 Å². The van der Waals surface area contributed by atoms with Gasteiger partial charge in [0.05, 0.1) is 22.8 Å². The minimum atomic E-state index is -3.61. The van der Waals surface area contributed by atoms with Crippen LogP contribution in [0.5, 0.6) is 0 Å². The number of carbonyl (C=O) groups is 1. The molecule has 0 aromatic heterocycles. The number of nitrogens with zero attached hydrogens (tertiary/aromatic N) is 1. The maximum absolute atomic E-state index is 12.3. The Morgan fingerprint density at radius 1 is 1.08 bits per heavy atom. The summed E-state index contributed by atoms with van der Waals surface area (Å²) in [7, 11) is -3.61. The van der Waals surface area contributed by atoms with Crippen molar-refractivity contribution in [1.82, 2.24) is 4.31 Å². The molecule has 140 valence electrons. The normalized spacial score (nSPS) is 11.6. The number of hydrogen-bond donors (Lipinski definition) is 1. The van der Waals surface area contributed by atoms with Crippen LogP contribution in [0.3, 0.4) is 0 Å². The van der Waals surface area contributed by atoms with E-state index in [1.807, 2.05) is 0 Å². The van der Waals surface area contributed by atoms with E-state index >= 15 is 0 Å². The van der Waals surface area contributed by atoms with E-state index in [4.69, 9.17) is 34.8 Å². The molecule has 0 radical (unpaired) electrons. The SMILES string of the molecule is Cc1cc(Cl)ccc1NC(=O)CN(Cc1ccc(Cl)c(Cl)c1)S(C)(=O)=O. The van der Waals surface area contributed by atoms with E-state index in [0.717, 1.165) is 16.1 Å². The first-order chi connectivity index (χ1) is 12.1. The van der Waals surface area contributed by atoms with Crippen LogP contribution in [0.25, 0.3) is 0 Å². The van der Waals surface area contributed by atoms with Crippen LogP contribution in [0.15, 0.2) is 36.4 Å². The van der Waals surface area contributed by atoms with E-state index in [1.165, 1.54) is 0 Å². The summed E-state index contributed by atoms with van der Waals surface area (Å²) in [4.78, 5) is 12.3. The zero-order valence-corrected chi connectivity index (χ0v) is 17.2. The van der Waals surface area contributed by atoms with Gasteiger partial charge in [-0.1, -0.05) is 40.9 Å². The van der Waals surface area contributed by atoms with E-state index in [-0.39, 0.29) is 13.1 Å². The summed E-state index contributed by atoms with van der Waals surface area (Å²) >= 11 is 17.7. The van der Waals surface area contributed by atoms with Gasteiger partial charge in [-0.05, 0) is 48.4 Å². The summed E-state index contributed by atoms with van der Waals surface area (Å²) in [6, 6.07) is 9.84. The molecule has 9 heteroatoms. The van der Waals surface area contributed by atoms with Crippen LogP contribution in [0.2, 0.25) is 15.1 Å². The van der Waals surface area contributed by atoms with Crippen LogP contribution < -0.4 is 5.32 Å². The molecule has 0 aliphatic carbocycles. The van der Waals surface area contributed by atoms with Crippen LogP contribution in [0, 0.1) is 6.92 Å². The van der Waals surface area contributed by atoms with E-state index < -0.39 is 15.9 Å². The van der Waals surface area contributed by atoms with Gasteiger partial charge in [-0.15, -0.1) is 0 Å². The molecule has 0 aliphatic heterocycles. The molecule has 0 heterocycles. The van der Waals surface area contributed by atoms with Gasteiger partial charge in [-0.2, -0.15) is 4.31 Å². The molecule has 0 bridgehead atoms. The number of halogens is 3. The van der Waals surface area contributed by atoms with E-state index in [1.54, 1.807) is 43.3 Å². The minimum Gasteiger partial charge on any atom is -0.325 e. The molecule has 2 aromatic carbocycles. The number of amides is 1. The fourth-order valence-corrected chi connectivity index (χ4v) is 3.53. The maximum atomic E-state index is 12.3. The van der Waals surface area contributed by atoms with Crippen molar-refractivity contribution in [2.75, 3.05) is 18.1 Å². The Bertz CT molecular complexity index is 933. The van der Waals surface area contributed by atoms with Crippen molar-refractivity contribution in [2.45, 2.75) is 13.5 Å². The monoisotopic (exact) mass is 434 g/mol. The van der Waals surface area contributed by atoms with Crippen molar-refractivity contribution in [3.63, 3.8) is 0 Å². The fourth-order valence-electron chi connectivity index (χ4n) is 2.25. The van der Waals surface area contributed by atoms with Gasteiger partial charge in [0, 0.05) is 17.3 Å². The summed E-state index contributed by atoms with van der Waals surface area (Å²) in [5.41, 5.74) is 1.98. The van der Waals surface area contributed by atoms with Gasteiger partial charge >= 0.3 is 0 Å². The Kier molecular flexibility index (Phi) is 6.93. The van der Waals surface area contributed by atoms with Crippen LogP contribution in [-0.4, -0.2) is 31.4 Å². The molecule has 0 unspecified atom stereocenters. The first kappa shape index (κ1) is 21.0. The highest BCUT2D eigenvalue weighted by molar-refractivity contribution is 7.88. The quantitative estimate of drug-likeness (QED) is 0.733. The Hall–Kier alpha value is -1.31. The Balaban J connectivity index is 2.14. The Labute approximate surface area is 167 Å². The number of rotatable bonds is 6. The number of sulfonamides is 1. The average Bonchev–Trinajstić information content (AvgIpc) is 2.52. The minimum absolute atomic E-state index is 0.00272. The zero-order valence-electron chi connectivity index (χ0n) is 14.1. The summed E-state index contributed by atoms with van der Waals surface area (Å²) in [6.45, 7) is 1.47. The van der Waals surface area contributed by atoms with Crippen molar-refractivity contribution in [2.24, 2.45) is 0 Å². The highest BCUT2D eigenvalue weighted by atomic mass is 35.5. The third-order valence-electron chi connectivity index (χ3n) is 3.59. The third kappa shape index (κ3) is 5.86. The lowest BCUT2D eigenvalue weighted by molar-refractivity contribution is -0.116. The molecule has 0 saturated carbocycles. The standard InChI is InChI=1S/C17H17Cl3N2O3S/c1-11-7-13(18)4-6-16(11)21-17(23)10-22(26(2,24)25)9-12-3-5-14(19)15(20)8-12/h3-8H,9-10H2,1-2H3,(H,21,23). The molecule has 2 rings (SSSR count). The number of hydrogen-bond acceptors (Lipinski definition) is 3. The largest absolute Gasteiger partial charge is 0.325 e. The van der Waals surface area contributed by atoms with Crippen molar-refractivity contribution in [1.29, 1.82) is 0 Å². The van der Waals surface area contributed by atoms with Crippen LogP contribution >= 0.6 is 34.8 Å². The van der Waals surface area contributed by atoms with Gasteiger partial charge in [-0.3, -0.25) is 4.79 Å². The van der Waals surface area contributed by atoms with Crippen LogP contribution in [0.1, 0.15) is 11.1 Å². The van der Waals surface area contributed by atoms with Gasteiger partial charge in [0.2, 0.25) is 15.9 Å². The second-order valence-electron chi connectivity index (χ2n) is 5.79. The van der Waals surface area contributed by atoms with Crippen molar-refractivity contribution in [3.8, 4) is 0 Å². The summed E-state index contributed by atoms with van der Waals surface area (Å²) in [5.74, 6) is -0.457. The van der Waals surface area contributed by atoms with Crippen molar-refractivity contribution >= 4 is 56.4 Å². The molecular weight excluding hydrogens is 419 g/mol. The van der Waals surface area contributed by atoms with Gasteiger partial charge in [0.25, 0.3) is 0 Å². The zero-order chi connectivity index (χ0) is 19.5. The lowest BCUT2D eigenvalue weighted by atomic mass is 10.2. The molecule has 0 spiro atoms. The van der Waals surface area contributed by atoms with Crippen LogP contribution in [-0.2, 0) is 21.4 Å². The first-order valence-electron chi connectivity index (χ1n) is 7.51. The van der Waals surface area contributed by atoms with Gasteiger partial charge in [0.15, 0.2) is 0 Å². The Morgan fingerprint density at radius 2 is 1.77 bits per heavy atom. The number of aryl methyl sites for hydroxylation is 1. The summed E-state index contributed by atoms with van der Waals surface area (Å²) in [6.07, 6.45) is 1.05. The predicted molar refractivity (Wildman–Crippen MR) is 107 cm³/mol. The van der Waals surface area contributed by atoms with Crippen molar-refractivity contribution < 1.29 is 13.2 Å². The third-order valence-corrected chi connectivity index (χ3v) is 5.76. The Morgan fingerprint density at radius 3 is 2.35 bits per heavy atom. The summed E-state index contributed by atoms with van der Waals surface area (Å²) in [5, 5.41) is 3.94. The van der Waals surface area contributed by atoms with Gasteiger partial charge in [-0.25, -0.2) is 8.42 Å². The highest BCUT2D eigenvalue weighted by Crippen LogP contribution is 2.24. The molecule has 0 atom stereocenters. The lowest BCUT2D eigenvalue weighted by Crippen LogP contribution is -2.37. The average molecular weight is 436 g/mol. The number of anilines is 1. The molecule has 0 saturated heterocycles. The highest BCUT2D eigenvalue weighted by Gasteiger charge is 2.21. The number of benzene rings is 2. The van der Waals surface area contributed by atoms with Gasteiger partial charge in [0.1, 0.15) is 0 Å². The van der Waals surface area contributed by atoms with E-state index in [2.05, 4.69) is 5.32 Å². The number of nitrogens with one attached hydrogen (secondary N) is 1. The van der Waals surface area contributed by atoms with Gasteiger partial charge < -0.3 is 5.32 Å². The topological polar surface area (TPSA) is 66.5 Å². The molecule has 0 fully saturated rings. The van der Waals surface area contributed by atoms with E-state index in [9.17, 15) is 13.2 Å². The maximum Gasteiger partial charge on any atom is 0.239 e. The number of carbonyl (C=O) groups excluding carboxylic acids is 1. The molecule has 26 heavy (non-hydrogen) atoms. The fraction of sp³-hybridized carbons (Fsp3) is 0.235. The molecule has 5 nitrogen and oxygen atoms in total. The molecule has 0 aliphatic rings. The molecular formula is C17H17Cl3N2O3S. The second-order valence-corrected chi connectivity index (χ2v) is 9.02. The first-order valence-corrected chi connectivity index (χ1v) is 10.5.